The van der Waals surface area contributed by atoms with Crippen LogP contribution in [0.2, 0.25) is 5.02 Å². The summed E-state index contributed by atoms with van der Waals surface area (Å²) in [6, 6.07) is 2.64. The lowest BCUT2D eigenvalue weighted by Crippen LogP contribution is -2.25. The molecule has 124 valence electrons. The van der Waals surface area contributed by atoms with Crippen molar-refractivity contribution >= 4 is 21.6 Å². The summed E-state index contributed by atoms with van der Waals surface area (Å²) in [6.07, 6.45) is 0. The van der Waals surface area contributed by atoms with Crippen LogP contribution in [0.25, 0.3) is 0 Å². The van der Waals surface area contributed by atoms with Gasteiger partial charge < -0.3 is 0 Å². The molecule has 2 rings (SSSR count). The molecule has 0 aromatic heterocycles. The molecule has 0 aliphatic carbocycles. The van der Waals surface area contributed by atoms with Crippen molar-refractivity contribution in [3.8, 4) is 0 Å². The van der Waals surface area contributed by atoms with E-state index in [9.17, 15) is 30.4 Å². The van der Waals surface area contributed by atoms with Crippen molar-refractivity contribution in [2.45, 2.75) is 11.4 Å². The van der Waals surface area contributed by atoms with Gasteiger partial charge in [-0.3, -0.25) is 0 Å². The molecule has 1 N–H and O–H groups in total. The van der Waals surface area contributed by atoms with Crippen LogP contribution in [0.5, 0.6) is 0 Å². The Hall–Kier alpha value is -1.71. The van der Waals surface area contributed by atoms with Crippen molar-refractivity contribution < 1.29 is 30.4 Å². The third kappa shape index (κ3) is 3.46. The Labute approximate surface area is 132 Å². The van der Waals surface area contributed by atoms with Crippen molar-refractivity contribution in [1.29, 1.82) is 0 Å². The summed E-state index contributed by atoms with van der Waals surface area (Å²) >= 11 is 5.45. The summed E-state index contributed by atoms with van der Waals surface area (Å²) in [6.45, 7) is -0.904. The molecule has 0 heterocycles. The second kappa shape index (κ2) is 6.42. The fourth-order valence-electron chi connectivity index (χ4n) is 1.69. The predicted molar refractivity (Wildman–Crippen MR) is 71.7 cm³/mol. The van der Waals surface area contributed by atoms with Gasteiger partial charge in [0.25, 0.3) is 0 Å². The maximum Gasteiger partial charge on any atom is 0.243 e. The van der Waals surface area contributed by atoms with E-state index < -0.39 is 61.1 Å². The van der Waals surface area contributed by atoms with E-state index in [0.717, 1.165) is 12.1 Å². The van der Waals surface area contributed by atoms with Crippen molar-refractivity contribution in [2.75, 3.05) is 0 Å². The minimum atomic E-state index is -4.68. The second-order valence-electron chi connectivity index (χ2n) is 4.32. The standard InChI is InChI=1S/C13H7ClF5NO2S/c14-7-1-2-8(15)6(11(7)17)5-20-23(21,22)10-4-3-9(16)12(18)13(10)19/h1-4,20H,5H2. The van der Waals surface area contributed by atoms with E-state index in [-0.39, 0.29) is 0 Å². The molecular formula is C13H7ClF5NO2S. The van der Waals surface area contributed by atoms with Crippen molar-refractivity contribution in [1.82, 2.24) is 4.72 Å². The normalized spacial score (nSPS) is 11.7. The number of rotatable bonds is 4. The molecule has 10 heteroatoms. The third-order valence-corrected chi connectivity index (χ3v) is 4.58. The highest BCUT2D eigenvalue weighted by Gasteiger charge is 2.25. The fraction of sp³-hybridized carbons (Fsp3) is 0.0769. The number of halogens is 6. The van der Waals surface area contributed by atoms with E-state index in [0.29, 0.717) is 12.1 Å². The Morgan fingerprint density at radius 3 is 2.13 bits per heavy atom. The van der Waals surface area contributed by atoms with E-state index in [4.69, 9.17) is 11.6 Å². The molecule has 2 aromatic carbocycles. The molecule has 0 spiro atoms. The van der Waals surface area contributed by atoms with Crippen LogP contribution in [0.3, 0.4) is 0 Å². The van der Waals surface area contributed by atoms with Gasteiger partial charge in [-0.2, -0.15) is 0 Å². The van der Waals surface area contributed by atoms with Crippen molar-refractivity contribution in [2.24, 2.45) is 0 Å². The van der Waals surface area contributed by atoms with Crippen LogP contribution in [0.15, 0.2) is 29.2 Å². The van der Waals surface area contributed by atoms with Gasteiger partial charge in [0.05, 0.1) is 5.02 Å². The molecule has 0 unspecified atom stereocenters. The van der Waals surface area contributed by atoms with Crippen LogP contribution in [-0.2, 0) is 16.6 Å². The lowest BCUT2D eigenvalue weighted by Gasteiger charge is -2.10. The summed E-state index contributed by atoms with van der Waals surface area (Å²) in [5.74, 6) is -7.77. The van der Waals surface area contributed by atoms with E-state index in [2.05, 4.69) is 0 Å². The second-order valence-corrected chi connectivity index (χ2v) is 6.46. The van der Waals surface area contributed by atoms with Crippen LogP contribution in [0, 0.1) is 29.1 Å². The van der Waals surface area contributed by atoms with Crippen LogP contribution < -0.4 is 4.72 Å². The highest BCUT2D eigenvalue weighted by atomic mass is 35.5. The van der Waals surface area contributed by atoms with Crippen LogP contribution in [0.4, 0.5) is 22.0 Å². The fourth-order valence-corrected chi connectivity index (χ4v) is 2.93. The Bertz CT molecular complexity index is 873. The first kappa shape index (κ1) is 17.6. The van der Waals surface area contributed by atoms with E-state index in [1.807, 2.05) is 0 Å². The third-order valence-electron chi connectivity index (χ3n) is 2.87. The Morgan fingerprint density at radius 1 is 0.870 bits per heavy atom. The van der Waals surface area contributed by atoms with Gasteiger partial charge in [-0.25, -0.2) is 35.1 Å². The monoisotopic (exact) mass is 371 g/mol. The lowest BCUT2D eigenvalue weighted by atomic mass is 10.2. The summed E-state index contributed by atoms with van der Waals surface area (Å²) < 4.78 is 92.0. The molecular weight excluding hydrogens is 365 g/mol. The smallest absolute Gasteiger partial charge is 0.207 e. The number of sulfonamides is 1. The van der Waals surface area contributed by atoms with Crippen LogP contribution in [0.1, 0.15) is 5.56 Å². The molecule has 0 aliphatic heterocycles. The Balaban J connectivity index is 2.34. The van der Waals surface area contributed by atoms with E-state index in [1.165, 1.54) is 0 Å². The van der Waals surface area contributed by atoms with Gasteiger partial charge in [0.1, 0.15) is 16.5 Å². The summed E-state index contributed by atoms with van der Waals surface area (Å²) in [7, 11) is -4.68. The van der Waals surface area contributed by atoms with Gasteiger partial charge in [-0.15, -0.1) is 0 Å². The average molecular weight is 372 g/mol. The van der Waals surface area contributed by atoms with Crippen molar-refractivity contribution in [3.63, 3.8) is 0 Å². The van der Waals surface area contributed by atoms with Gasteiger partial charge in [-0.1, -0.05) is 11.6 Å². The molecule has 2 aromatic rings. The molecule has 0 radical (unpaired) electrons. The molecule has 0 aliphatic rings. The van der Waals surface area contributed by atoms with Gasteiger partial charge >= 0.3 is 0 Å². The summed E-state index contributed by atoms with van der Waals surface area (Å²) in [4.78, 5) is -1.20. The molecule has 23 heavy (non-hydrogen) atoms. The summed E-state index contributed by atoms with van der Waals surface area (Å²) in [5.41, 5.74) is -0.705. The zero-order chi connectivity index (χ0) is 17.4. The maximum atomic E-state index is 13.6. The Morgan fingerprint density at radius 2 is 1.48 bits per heavy atom. The predicted octanol–water partition coefficient (Wildman–Crippen LogP) is 3.51. The zero-order valence-electron chi connectivity index (χ0n) is 11.0. The number of hydrogen-bond acceptors (Lipinski definition) is 2. The first-order valence-electron chi connectivity index (χ1n) is 5.90. The first-order chi connectivity index (χ1) is 10.6. The maximum absolute atomic E-state index is 13.6. The average Bonchev–Trinajstić information content (AvgIpc) is 2.48. The largest absolute Gasteiger partial charge is 0.243 e. The SMILES string of the molecule is O=S(=O)(NCc1c(F)ccc(Cl)c1F)c1ccc(F)c(F)c1F. The van der Waals surface area contributed by atoms with Gasteiger partial charge in [0, 0.05) is 12.1 Å². The lowest BCUT2D eigenvalue weighted by molar-refractivity contribution is 0.431. The van der Waals surface area contributed by atoms with E-state index in [1.54, 1.807) is 4.72 Å². The number of benzene rings is 2. The highest BCUT2D eigenvalue weighted by molar-refractivity contribution is 7.89. The topological polar surface area (TPSA) is 46.2 Å². The molecule has 0 bridgehead atoms. The van der Waals surface area contributed by atoms with Gasteiger partial charge in [0.2, 0.25) is 10.0 Å². The zero-order valence-corrected chi connectivity index (χ0v) is 12.6. The summed E-state index contributed by atoms with van der Waals surface area (Å²) in [5, 5.41) is -0.445. The molecule has 0 saturated heterocycles. The van der Waals surface area contributed by atoms with Crippen molar-refractivity contribution in [3.05, 3.63) is 63.9 Å². The molecule has 3 nitrogen and oxygen atoms in total. The number of hydrogen-bond donors (Lipinski definition) is 1. The van der Waals surface area contributed by atoms with Gasteiger partial charge in [-0.05, 0) is 24.3 Å². The minimum absolute atomic E-state index is 0.410. The molecule has 0 atom stereocenters. The van der Waals surface area contributed by atoms with Crippen LogP contribution >= 0.6 is 11.6 Å². The molecule has 0 saturated carbocycles. The molecule has 0 amide bonds. The Kier molecular flexibility index (Phi) is 4.92. The van der Waals surface area contributed by atoms with E-state index >= 15 is 0 Å². The number of nitrogens with one attached hydrogen (secondary N) is 1. The van der Waals surface area contributed by atoms with Crippen LogP contribution in [-0.4, -0.2) is 8.42 Å². The minimum Gasteiger partial charge on any atom is -0.207 e. The highest BCUT2D eigenvalue weighted by Crippen LogP contribution is 2.23. The molecule has 0 fully saturated rings. The van der Waals surface area contributed by atoms with Gasteiger partial charge in [0.15, 0.2) is 17.5 Å². The first-order valence-corrected chi connectivity index (χ1v) is 7.77. The quantitative estimate of drug-likeness (QED) is 0.508.